The SMILES string of the molecule is COC1CCC(NC(=NCC(C)C)NN)C1. The molecule has 1 aliphatic rings. The fourth-order valence-corrected chi connectivity index (χ4v) is 1.89. The summed E-state index contributed by atoms with van der Waals surface area (Å²) in [4.78, 5) is 4.38. The van der Waals surface area contributed by atoms with E-state index in [1.54, 1.807) is 7.11 Å². The molecule has 5 heteroatoms. The highest BCUT2D eigenvalue weighted by Crippen LogP contribution is 2.21. The summed E-state index contributed by atoms with van der Waals surface area (Å²) in [7, 11) is 1.77. The number of rotatable bonds is 4. The van der Waals surface area contributed by atoms with Crippen LogP contribution in [0.2, 0.25) is 0 Å². The fraction of sp³-hybridized carbons (Fsp3) is 0.909. The lowest BCUT2D eigenvalue weighted by molar-refractivity contribution is 0.107. The minimum atomic E-state index is 0.377. The normalized spacial score (nSPS) is 26.2. The second-order valence-corrected chi connectivity index (χ2v) is 4.74. The molecule has 2 unspecified atom stereocenters. The van der Waals surface area contributed by atoms with Crippen molar-refractivity contribution in [3.8, 4) is 0 Å². The lowest BCUT2D eigenvalue weighted by Crippen LogP contribution is -2.46. The molecule has 1 rings (SSSR count). The van der Waals surface area contributed by atoms with Crippen LogP contribution in [0, 0.1) is 5.92 Å². The standard InChI is InChI=1S/C11H24N4O/c1-8(2)7-13-11(15-12)14-9-4-5-10(6-9)16-3/h8-10H,4-7,12H2,1-3H3,(H2,13,14,15). The van der Waals surface area contributed by atoms with Gasteiger partial charge in [-0.25, -0.2) is 5.84 Å². The summed E-state index contributed by atoms with van der Waals surface area (Å²) < 4.78 is 5.32. The number of nitrogens with zero attached hydrogens (tertiary/aromatic N) is 1. The van der Waals surface area contributed by atoms with Gasteiger partial charge in [0.05, 0.1) is 6.10 Å². The van der Waals surface area contributed by atoms with Crippen LogP contribution in [0.25, 0.3) is 0 Å². The van der Waals surface area contributed by atoms with Gasteiger partial charge in [0.15, 0.2) is 0 Å². The molecule has 94 valence electrons. The minimum Gasteiger partial charge on any atom is -0.381 e. The summed E-state index contributed by atoms with van der Waals surface area (Å²) >= 11 is 0. The van der Waals surface area contributed by atoms with E-state index in [-0.39, 0.29) is 0 Å². The fourth-order valence-electron chi connectivity index (χ4n) is 1.89. The van der Waals surface area contributed by atoms with Gasteiger partial charge in [-0.15, -0.1) is 0 Å². The van der Waals surface area contributed by atoms with Gasteiger partial charge in [0, 0.05) is 19.7 Å². The van der Waals surface area contributed by atoms with Crippen LogP contribution in [0.15, 0.2) is 4.99 Å². The van der Waals surface area contributed by atoms with Gasteiger partial charge in [-0.1, -0.05) is 13.8 Å². The first-order chi connectivity index (χ1) is 7.65. The first-order valence-electron chi connectivity index (χ1n) is 5.96. The van der Waals surface area contributed by atoms with Crippen LogP contribution in [-0.4, -0.2) is 31.8 Å². The molecule has 0 aromatic rings. The van der Waals surface area contributed by atoms with Gasteiger partial charge in [-0.05, 0) is 25.2 Å². The monoisotopic (exact) mass is 228 g/mol. The highest BCUT2D eigenvalue weighted by molar-refractivity contribution is 5.79. The van der Waals surface area contributed by atoms with Crippen LogP contribution in [0.1, 0.15) is 33.1 Å². The summed E-state index contributed by atoms with van der Waals surface area (Å²) in [5, 5.41) is 3.32. The molecule has 2 atom stereocenters. The van der Waals surface area contributed by atoms with E-state index < -0.39 is 0 Å². The number of hydrogen-bond acceptors (Lipinski definition) is 3. The van der Waals surface area contributed by atoms with Gasteiger partial charge in [0.1, 0.15) is 0 Å². The third kappa shape index (κ3) is 4.37. The Balaban J connectivity index is 2.36. The van der Waals surface area contributed by atoms with Crippen LogP contribution in [0.4, 0.5) is 0 Å². The zero-order chi connectivity index (χ0) is 12.0. The maximum absolute atomic E-state index is 5.43. The average molecular weight is 228 g/mol. The number of guanidine groups is 1. The van der Waals surface area contributed by atoms with Gasteiger partial charge < -0.3 is 10.1 Å². The summed E-state index contributed by atoms with van der Waals surface area (Å²) in [6.45, 7) is 5.05. The van der Waals surface area contributed by atoms with E-state index in [2.05, 4.69) is 29.6 Å². The Morgan fingerprint density at radius 1 is 1.50 bits per heavy atom. The third-order valence-corrected chi connectivity index (χ3v) is 2.81. The second-order valence-electron chi connectivity index (χ2n) is 4.74. The van der Waals surface area contributed by atoms with Crippen molar-refractivity contribution in [1.29, 1.82) is 0 Å². The number of methoxy groups -OCH3 is 1. The van der Waals surface area contributed by atoms with Crippen molar-refractivity contribution in [2.75, 3.05) is 13.7 Å². The van der Waals surface area contributed by atoms with Gasteiger partial charge in [-0.3, -0.25) is 10.4 Å². The smallest absolute Gasteiger partial charge is 0.205 e. The molecule has 0 aliphatic heterocycles. The molecular formula is C11H24N4O. The van der Waals surface area contributed by atoms with Crippen molar-refractivity contribution in [3.63, 3.8) is 0 Å². The first-order valence-corrected chi connectivity index (χ1v) is 5.96. The maximum Gasteiger partial charge on any atom is 0.205 e. The molecule has 0 aromatic heterocycles. The third-order valence-electron chi connectivity index (χ3n) is 2.81. The molecule has 5 nitrogen and oxygen atoms in total. The van der Waals surface area contributed by atoms with Crippen molar-refractivity contribution < 1.29 is 4.74 Å². The number of nitrogens with two attached hydrogens (primary N) is 1. The molecular weight excluding hydrogens is 204 g/mol. The van der Waals surface area contributed by atoms with Crippen LogP contribution >= 0.6 is 0 Å². The van der Waals surface area contributed by atoms with Gasteiger partial charge in [-0.2, -0.15) is 0 Å². The molecule has 1 saturated carbocycles. The molecule has 0 spiro atoms. The van der Waals surface area contributed by atoms with E-state index in [9.17, 15) is 0 Å². The zero-order valence-electron chi connectivity index (χ0n) is 10.5. The van der Waals surface area contributed by atoms with E-state index in [1.807, 2.05) is 0 Å². The predicted molar refractivity (Wildman–Crippen MR) is 66.0 cm³/mol. The van der Waals surface area contributed by atoms with Crippen molar-refractivity contribution in [2.24, 2.45) is 16.8 Å². The Labute approximate surface area is 97.8 Å². The highest BCUT2D eigenvalue weighted by atomic mass is 16.5. The maximum atomic E-state index is 5.43. The first kappa shape index (κ1) is 13.3. The van der Waals surface area contributed by atoms with Crippen molar-refractivity contribution in [3.05, 3.63) is 0 Å². The lowest BCUT2D eigenvalue weighted by atomic mass is 10.2. The van der Waals surface area contributed by atoms with E-state index in [0.717, 1.165) is 25.8 Å². The van der Waals surface area contributed by atoms with Crippen molar-refractivity contribution >= 4 is 5.96 Å². The van der Waals surface area contributed by atoms with E-state index >= 15 is 0 Å². The van der Waals surface area contributed by atoms with Crippen molar-refractivity contribution in [1.82, 2.24) is 10.7 Å². The Hall–Kier alpha value is -0.810. The largest absolute Gasteiger partial charge is 0.381 e. The summed E-state index contributed by atoms with van der Waals surface area (Å²) in [5.74, 6) is 6.66. The molecule has 1 fully saturated rings. The van der Waals surface area contributed by atoms with Crippen LogP contribution in [-0.2, 0) is 4.74 Å². The number of hydrazine groups is 1. The molecule has 0 aromatic carbocycles. The van der Waals surface area contributed by atoms with Gasteiger partial charge >= 0.3 is 0 Å². The molecule has 0 saturated heterocycles. The summed E-state index contributed by atoms with van der Waals surface area (Å²) in [6.07, 6.45) is 3.62. The Kier molecular flexibility index (Phi) is 5.55. The van der Waals surface area contributed by atoms with Crippen LogP contribution in [0.5, 0.6) is 0 Å². The molecule has 16 heavy (non-hydrogen) atoms. The average Bonchev–Trinajstić information content (AvgIpc) is 2.71. The molecule has 0 amide bonds. The Bertz CT molecular complexity index is 230. The van der Waals surface area contributed by atoms with Gasteiger partial charge in [0.25, 0.3) is 0 Å². The summed E-state index contributed by atoms with van der Waals surface area (Å²) in [5.41, 5.74) is 2.62. The summed E-state index contributed by atoms with van der Waals surface area (Å²) in [6, 6.07) is 0.423. The zero-order valence-corrected chi connectivity index (χ0v) is 10.5. The van der Waals surface area contributed by atoms with Crippen LogP contribution in [0.3, 0.4) is 0 Å². The van der Waals surface area contributed by atoms with Crippen molar-refractivity contribution in [2.45, 2.75) is 45.3 Å². The molecule has 1 aliphatic carbocycles. The number of ether oxygens (including phenoxy) is 1. The second kappa shape index (κ2) is 6.70. The predicted octanol–water partition coefficient (Wildman–Crippen LogP) is 0.619. The number of aliphatic imine (C=N–C) groups is 1. The molecule has 0 heterocycles. The Morgan fingerprint density at radius 2 is 2.25 bits per heavy atom. The van der Waals surface area contributed by atoms with Crippen LogP contribution < -0.4 is 16.6 Å². The highest BCUT2D eigenvalue weighted by Gasteiger charge is 2.24. The quantitative estimate of drug-likeness (QED) is 0.285. The van der Waals surface area contributed by atoms with E-state index in [1.165, 1.54) is 0 Å². The van der Waals surface area contributed by atoms with Gasteiger partial charge in [0.2, 0.25) is 5.96 Å². The topological polar surface area (TPSA) is 71.7 Å². The lowest BCUT2D eigenvalue weighted by Gasteiger charge is -2.16. The molecule has 0 radical (unpaired) electrons. The number of hydrogen-bond donors (Lipinski definition) is 3. The van der Waals surface area contributed by atoms with E-state index in [0.29, 0.717) is 24.0 Å². The number of nitrogens with one attached hydrogen (secondary N) is 2. The van der Waals surface area contributed by atoms with E-state index in [4.69, 9.17) is 10.6 Å². The molecule has 4 N–H and O–H groups in total. The molecule has 0 bridgehead atoms. The minimum absolute atomic E-state index is 0.377. The Morgan fingerprint density at radius 3 is 2.75 bits per heavy atom.